The summed E-state index contributed by atoms with van der Waals surface area (Å²) in [5.74, 6) is 0. The van der Waals surface area contributed by atoms with Crippen LogP contribution in [0, 0.1) is 41.5 Å². The molecule has 0 aromatic heterocycles. The fraction of sp³-hybridized carbons (Fsp3) is 0.0833. The molecule has 0 aliphatic rings. The Labute approximate surface area is 181 Å². The Balaban J connectivity index is 0. The van der Waals surface area contributed by atoms with E-state index < -0.39 is 0 Å². The summed E-state index contributed by atoms with van der Waals surface area (Å²) < 4.78 is 0. The number of benzene rings is 3. The third-order valence-corrected chi connectivity index (χ3v) is 3.16. The number of hydrogen-bond acceptors (Lipinski definition) is 0. The van der Waals surface area contributed by atoms with Crippen LogP contribution in [0.2, 0.25) is 0 Å². The van der Waals surface area contributed by atoms with Crippen molar-refractivity contribution in [3.8, 4) is 0 Å². The molecule has 26 heavy (non-hydrogen) atoms. The van der Waals surface area contributed by atoms with Crippen LogP contribution in [0.4, 0.5) is 0 Å². The molecular formula is C24H26Mn2. The van der Waals surface area contributed by atoms with Crippen molar-refractivity contribution < 1.29 is 34.1 Å². The van der Waals surface area contributed by atoms with E-state index in [1.807, 2.05) is 48.5 Å². The van der Waals surface area contributed by atoms with E-state index in [2.05, 4.69) is 65.8 Å². The average Bonchev–Trinajstić information content (AvgIpc) is 2.47. The van der Waals surface area contributed by atoms with Crippen LogP contribution in [0.25, 0.3) is 0 Å². The molecule has 0 fully saturated rings. The topological polar surface area (TPSA) is 0 Å². The molecule has 0 aliphatic carbocycles. The van der Waals surface area contributed by atoms with Gasteiger partial charge in [-0.05, 0) is 0 Å². The number of hydrogen-bond donors (Lipinski definition) is 0. The molecular weight excluding hydrogens is 398 g/mol. The molecule has 0 unspecified atom stereocenters. The largest absolute Gasteiger partial charge is 2.00 e. The quantitative estimate of drug-likeness (QED) is 0.289. The van der Waals surface area contributed by atoms with Crippen molar-refractivity contribution in [1.29, 1.82) is 0 Å². The van der Waals surface area contributed by atoms with E-state index in [0.717, 1.165) is 22.3 Å². The summed E-state index contributed by atoms with van der Waals surface area (Å²) in [7, 11) is 0. The molecule has 136 valence electrons. The minimum absolute atomic E-state index is 0. The van der Waals surface area contributed by atoms with E-state index in [-0.39, 0.29) is 34.1 Å². The Morgan fingerprint density at radius 3 is 0.885 bits per heavy atom. The fourth-order valence-electron chi connectivity index (χ4n) is 2.05. The van der Waals surface area contributed by atoms with Crippen LogP contribution in [0.15, 0.2) is 72.8 Å². The van der Waals surface area contributed by atoms with Crippen molar-refractivity contribution in [2.75, 3.05) is 0 Å². The summed E-state index contributed by atoms with van der Waals surface area (Å²) in [6.07, 6.45) is 0. The molecule has 0 heterocycles. The maximum absolute atomic E-state index is 3.78. The van der Waals surface area contributed by atoms with E-state index in [0.29, 0.717) is 0 Å². The Morgan fingerprint density at radius 1 is 0.462 bits per heavy atom. The van der Waals surface area contributed by atoms with Gasteiger partial charge in [-0.2, -0.15) is 98.5 Å². The molecule has 0 aliphatic heterocycles. The Morgan fingerprint density at radius 2 is 0.731 bits per heavy atom. The van der Waals surface area contributed by atoms with Crippen molar-refractivity contribution in [2.45, 2.75) is 13.8 Å². The molecule has 0 bridgehead atoms. The maximum atomic E-state index is 3.78. The van der Waals surface area contributed by atoms with Gasteiger partial charge in [-0.3, -0.25) is 0 Å². The Bertz CT molecular complexity index is 593. The van der Waals surface area contributed by atoms with Crippen LogP contribution in [0.5, 0.6) is 0 Å². The second-order valence-corrected chi connectivity index (χ2v) is 5.80. The fourth-order valence-corrected chi connectivity index (χ4v) is 2.05. The summed E-state index contributed by atoms with van der Waals surface area (Å²) >= 11 is 0. The van der Waals surface area contributed by atoms with Gasteiger partial charge in [-0.1, -0.05) is 26.0 Å². The van der Waals surface area contributed by atoms with Gasteiger partial charge in [0.15, 0.2) is 0 Å². The molecule has 0 atom stereocenters. The summed E-state index contributed by atoms with van der Waals surface area (Å²) in [6.45, 7) is 19.2. The normalized spacial score (nSPS) is 8.38. The van der Waals surface area contributed by atoms with Gasteiger partial charge in [0.1, 0.15) is 0 Å². The van der Waals surface area contributed by atoms with Gasteiger partial charge < -0.3 is 0 Å². The van der Waals surface area contributed by atoms with Gasteiger partial charge >= 0.3 is 34.1 Å². The van der Waals surface area contributed by atoms with E-state index in [9.17, 15) is 0 Å². The molecule has 2 radical (unpaired) electrons. The molecule has 0 spiro atoms. The minimum atomic E-state index is 0. The van der Waals surface area contributed by atoms with Crippen LogP contribution in [-0.2, 0) is 34.1 Å². The van der Waals surface area contributed by atoms with Gasteiger partial charge in [-0.25, -0.2) is 0 Å². The van der Waals surface area contributed by atoms with Gasteiger partial charge in [0.25, 0.3) is 0 Å². The van der Waals surface area contributed by atoms with Crippen molar-refractivity contribution in [3.05, 3.63) is 134 Å². The molecule has 0 saturated heterocycles. The molecule has 0 N–H and O–H groups in total. The van der Waals surface area contributed by atoms with Crippen LogP contribution < -0.4 is 0 Å². The Kier molecular flexibility index (Phi) is 14.6. The van der Waals surface area contributed by atoms with Crippen molar-refractivity contribution >= 4 is 0 Å². The SMILES string of the molecule is [CH2-]c1cccc(C)c1.[CH2-]c1cccc(C)c1.[CH2-]c1cccc([CH2-])c1.[Mn+2].[Mn+2]. The summed E-state index contributed by atoms with van der Waals surface area (Å²) in [5, 5.41) is 0. The van der Waals surface area contributed by atoms with Gasteiger partial charge in [0, 0.05) is 0 Å². The second kappa shape index (κ2) is 14.4. The van der Waals surface area contributed by atoms with Crippen molar-refractivity contribution in [1.82, 2.24) is 0 Å². The first-order valence-electron chi connectivity index (χ1n) is 7.88. The zero-order valence-corrected chi connectivity index (χ0v) is 17.9. The third kappa shape index (κ3) is 12.5. The summed E-state index contributed by atoms with van der Waals surface area (Å²) in [4.78, 5) is 0. The van der Waals surface area contributed by atoms with Crippen LogP contribution in [0.3, 0.4) is 0 Å². The second-order valence-electron chi connectivity index (χ2n) is 5.80. The van der Waals surface area contributed by atoms with Crippen LogP contribution >= 0.6 is 0 Å². The first-order chi connectivity index (χ1) is 11.4. The van der Waals surface area contributed by atoms with Crippen LogP contribution in [-0.4, -0.2) is 0 Å². The zero-order valence-electron chi connectivity index (χ0n) is 15.5. The first kappa shape index (κ1) is 26.4. The first-order valence-corrected chi connectivity index (χ1v) is 7.88. The summed E-state index contributed by atoms with van der Waals surface area (Å²) in [5.41, 5.74) is 6.78. The van der Waals surface area contributed by atoms with E-state index >= 15 is 0 Å². The smallest absolute Gasteiger partial charge is 0.199 e. The third-order valence-electron chi connectivity index (χ3n) is 3.16. The monoisotopic (exact) mass is 424 g/mol. The van der Waals surface area contributed by atoms with E-state index in [4.69, 9.17) is 0 Å². The van der Waals surface area contributed by atoms with Gasteiger partial charge in [-0.15, -0.1) is 23.3 Å². The number of aryl methyl sites for hydroxylation is 2. The van der Waals surface area contributed by atoms with E-state index in [1.54, 1.807) is 0 Å². The van der Waals surface area contributed by atoms with E-state index in [1.165, 1.54) is 11.1 Å². The molecule has 3 aromatic rings. The molecule has 2 heteroatoms. The predicted octanol–water partition coefficient (Wildman–Crippen LogP) is 6.40. The number of rotatable bonds is 0. The predicted molar refractivity (Wildman–Crippen MR) is 107 cm³/mol. The zero-order chi connectivity index (χ0) is 17.9. The Hall–Kier alpha value is -1.82. The van der Waals surface area contributed by atoms with Crippen LogP contribution in [0.1, 0.15) is 33.4 Å². The van der Waals surface area contributed by atoms with Gasteiger partial charge in [0.05, 0.1) is 0 Å². The minimum Gasteiger partial charge on any atom is -0.199 e. The molecule has 0 nitrogen and oxygen atoms in total. The average molecular weight is 424 g/mol. The molecule has 0 saturated carbocycles. The molecule has 3 aromatic carbocycles. The summed E-state index contributed by atoms with van der Waals surface area (Å²) in [6, 6.07) is 24.0. The van der Waals surface area contributed by atoms with Gasteiger partial charge in [0.2, 0.25) is 0 Å². The molecule has 3 rings (SSSR count). The molecule has 0 amide bonds. The standard InChI is InChI=1S/2C8H9.C8H8.2Mn/c3*1-7-4-3-5-8(2)6-7;;/h2*3-6H,1H2,2H3;3-6H,1-2H2;;/q2*-1;-2;2*+2. The van der Waals surface area contributed by atoms with Crippen molar-refractivity contribution in [2.24, 2.45) is 0 Å². The van der Waals surface area contributed by atoms with Crippen molar-refractivity contribution in [3.63, 3.8) is 0 Å². The maximum Gasteiger partial charge on any atom is 2.00 e.